The van der Waals surface area contributed by atoms with Crippen molar-refractivity contribution in [1.29, 1.82) is 0 Å². The zero-order valence-corrected chi connectivity index (χ0v) is 18.4. The van der Waals surface area contributed by atoms with Crippen molar-refractivity contribution in [3.8, 4) is 22.8 Å². The largest absolute Gasteiger partial charge is 0.338 e. The van der Waals surface area contributed by atoms with Gasteiger partial charge in [-0.25, -0.2) is 0 Å². The van der Waals surface area contributed by atoms with Crippen LogP contribution in [0.3, 0.4) is 0 Å². The van der Waals surface area contributed by atoms with Crippen LogP contribution >= 0.6 is 23.4 Å². The summed E-state index contributed by atoms with van der Waals surface area (Å²) in [4.78, 5) is 8.59. The Kier molecular flexibility index (Phi) is 5.96. The number of hydrogen-bond acceptors (Lipinski definition) is 7. The highest BCUT2D eigenvalue weighted by Gasteiger charge is 2.17. The first kappa shape index (κ1) is 20.4. The quantitative estimate of drug-likeness (QED) is 0.301. The van der Waals surface area contributed by atoms with Crippen LogP contribution in [0.2, 0.25) is 5.02 Å². The van der Waals surface area contributed by atoms with Crippen molar-refractivity contribution in [1.82, 2.24) is 29.9 Å². The summed E-state index contributed by atoms with van der Waals surface area (Å²) in [6.45, 7) is 0.644. The lowest BCUT2D eigenvalue weighted by Crippen LogP contribution is -2.04. The molecule has 32 heavy (non-hydrogen) atoms. The molecule has 0 amide bonds. The molecule has 0 aliphatic rings. The Balaban J connectivity index is 1.39. The average molecular weight is 461 g/mol. The van der Waals surface area contributed by atoms with Crippen LogP contribution in [0.4, 0.5) is 0 Å². The van der Waals surface area contributed by atoms with Crippen molar-refractivity contribution in [2.75, 3.05) is 0 Å². The van der Waals surface area contributed by atoms with Gasteiger partial charge in [0.25, 0.3) is 0 Å². The summed E-state index contributed by atoms with van der Waals surface area (Å²) in [5.74, 6) is 2.26. The molecule has 0 spiro atoms. The predicted octanol–water partition coefficient (Wildman–Crippen LogP) is 5.38. The average Bonchev–Trinajstić information content (AvgIpc) is 3.46. The fourth-order valence-corrected chi connectivity index (χ4v) is 4.17. The summed E-state index contributed by atoms with van der Waals surface area (Å²) in [5, 5.41) is 14.3. The molecule has 9 heteroatoms. The number of rotatable bonds is 7. The fraction of sp³-hybridized carbons (Fsp3) is 0.0870. The molecule has 0 saturated heterocycles. The molecule has 5 rings (SSSR count). The smallest absolute Gasteiger partial charge is 0.237 e. The molecular formula is C23H17ClN6OS. The summed E-state index contributed by atoms with van der Waals surface area (Å²) < 4.78 is 7.53. The van der Waals surface area contributed by atoms with Crippen LogP contribution in [-0.4, -0.2) is 29.9 Å². The molecule has 7 nitrogen and oxygen atoms in total. The molecule has 2 aromatic carbocycles. The maximum Gasteiger partial charge on any atom is 0.237 e. The Morgan fingerprint density at radius 2 is 1.75 bits per heavy atom. The normalized spacial score (nSPS) is 11.0. The second-order valence-corrected chi connectivity index (χ2v) is 8.30. The zero-order valence-electron chi connectivity index (χ0n) is 16.8. The number of hydrogen-bond donors (Lipinski definition) is 0. The van der Waals surface area contributed by atoms with Gasteiger partial charge in [-0.3, -0.25) is 9.55 Å². The number of halogens is 1. The van der Waals surface area contributed by atoms with E-state index in [0.29, 0.717) is 29.0 Å². The minimum absolute atomic E-state index is 0.469. The molecule has 0 bridgehead atoms. The lowest BCUT2D eigenvalue weighted by molar-refractivity contribution is 0.391. The van der Waals surface area contributed by atoms with Crippen molar-refractivity contribution < 1.29 is 4.52 Å². The Bertz CT molecular complexity index is 1320. The van der Waals surface area contributed by atoms with Crippen LogP contribution in [0.1, 0.15) is 11.5 Å². The third-order valence-corrected chi connectivity index (χ3v) is 5.90. The maximum absolute atomic E-state index is 6.07. The van der Waals surface area contributed by atoms with Crippen LogP contribution in [0, 0.1) is 0 Å². The molecule has 3 aromatic heterocycles. The van der Waals surface area contributed by atoms with Crippen LogP contribution in [0.5, 0.6) is 0 Å². The van der Waals surface area contributed by atoms with E-state index >= 15 is 0 Å². The fourth-order valence-electron chi connectivity index (χ4n) is 3.20. The van der Waals surface area contributed by atoms with Gasteiger partial charge < -0.3 is 4.52 Å². The minimum Gasteiger partial charge on any atom is -0.338 e. The maximum atomic E-state index is 6.07. The highest BCUT2D eigenvalue weighted by Crippen LogP contribution is 2.28. The summed E-state index contributed by atoms with van der Waals surface area (Å²) in [6, 6.07) is 21.4. The van der Waals surface area contributed by atoms with Gasteiger partial charge in [0.1, 0.15) is 0 Å². The van der Waals surface area contributed by atoms with E-state index in [1.807, 2.05) is 48.5 Å². The van der Waals surface area contributed by atoms with Gasteiger partial charge in [-0.1, -0.05) is 71.0 Å². The van der Waals surface area contributed by atoms with Gasteiger partial charge in [0, 0.05) is 28.5 Å². The Labute approximate surface area is 193 Å². The highest BCUT2D eigenvalue weighted by molar-refractivity contribution is 7.98. The van der Waals surface area contributed by atoms with Crippen LogP contribution in [-0.2, 0) is 12.3 Å². The van der Waals surface area contributed by atoms with E-state index in [-0.39, 0.29) is 0 Å². The van der Waals surface area contributed by atoms with Crippen molar-refractivity contribution in [3.63, 3.8) is 0 Å². The molecule has 0 N–H and O–H groups in total. The molecular weight excluding hydrogens is 444 g/mol. The Morgan fingerprint density at radius 1 is 0.906 bits per heavy atom. The predicted molar refractivity (Wildman–Crippen MR) is 123 cm³/mol. The van der Waals surface area contributed by atoms with E-state index in [9.17, 15) is 0 Å². The lowest BCUT2D eigenvalue weighted by atomic mass is 10.2. The third kappa shape index (κ3) is 4.56. The van der Waals surface area contributed by atoms with Crippen LogP contribution in [0.15, 0.2) is 88.8 Å². The molecule has 158 valence electrons. The molecule has 0 atom stereocenters. The summed E-state index contributed by atoms with van der Waals surface area (Å²) in [5.41, 5.74) is 2.92. The Hall–Kier alpha value is -3.49. The molecule has 0 aliphatic heterocycles. The minimum atomic E-state index is 0.469. The van der Waals surface area contributed by atoms with E-state index in [1.165, 1.54) is 11.8 Å². The Morgan fingerprint density at radius 3 is 2.56 bits per heavy atom. The second-order valence-electron chi connectivity index (χ2n) is 6.92. The van der Waals surface area contributed by atoms with E-state index in [0.717, 1.165) is 27.7 Å². The first-order valence-corrected chi connectivity index (χ1v) is 11.2. The van der Waals surface area contributed by atoms with E-state index in [1.54, 1.807) is 18.5 Å². The first-order valence-electron chi connectivity index (χ1n) is 9.85. The molecule has 3 heterocycles. The summed E-state index contributed by atoms with van der Waals surface area (Å²) in [7, 11) is 0. The molecule has 5 aromatic rings. The summed E-state index contributed by atoms with van der Waals surface area (Å²) >= 11 is 7.57. The highest BCUT2D eigenvalue weighted by atomic mass is 35.5. The van der Waals surface area contributed by atoms with Crippen LogP contribution in [0.25, 0.3) is 22.8 Å². The van der Waals surface area contributed by atoms with Crippen LogP contribution < -0.4 is 0 Å². The third-order valence-electron chi connectivity index (χ3n) is 4.71. The first-order chi connectivity index (χ1) is 15.8. The molecule has 0 saturated carbocycles. The molecule has 0 unspecified atom stereocenters. The number of benzene rings is 2. The topological polar surface area (TPSA) is 82.5 Å². The van der Waals surface area contributed by atoms with Crippen molar-refractivity contribution in [3.05, 3.63) is 95.6 Å². The number of thioether (sulfide) groups is 1. The van der Waals surface area contributed by atoms with Gasteiger partial charge in [0.05, 0.1) is 12.3 Å². The number of pyridine rings is 1. The zero-order chi connectivity index (χ0) is 21.8. The SMILES string of the molecule is Clc1cccc(-c2noc(CSc3nnc(-c4ccncc4)n3Cc3ccccc3)n2)c1. The standard InChI is InChI=1S/C23H17ClN6OS/c24-19-8-4-7-18(13-19)21-26-20(31-29-21)15-32-23-28-27-22(17-9-11-25-12-10-17)30(23)14-16-5-2-1-3-6-16/h1-13H,14-15H2. The van der Waals surface area contributed by atoms with Gasteiger partial charge in [0.2, 0.25) is 11.7 Å². The van der Waals surface area contributed by atoms with Gasteiger partial charge in [0.15, 0.2) is 11.0 Å². The molecule has 0 radical (unpaired) electrons. The van der Waals surface area contributed by atoms with E-state index in [2.05, 4.69) is 42.0 Å². The monoisotopic (exact) mass is 460 g/mol. The van der Waals surface area contributed by atoms with E-state index in [4.69, 9.17) is 16.1 Å². The second kappa shape index (κ2) is 9.33. The lowest BCUT2D eigenvalue weighted by Gasteiger charge is -2.10. The van der Waals surface area contributed by atoms with Crippen molar-refractivity contribution in [2.45, 2.75) is 17.5 Å². The van der Waals surface area contributed by atoms with Crippen molar-refractivity contribution >= 4 is 23.4 Å². The number of aromatic nitrogens is 6. The van der Waals surface area contributed by atoms with E-state index < -0.39 is 0 Å². The molecule has 0 fully saturated rings. The van der Waals surface area contributed by atoms with Crippen molar-refractivity contribution in [2.24, 2.45) is 0 Å². The van der Waals surface area contributed by atoms with Gasteiger partial charge in [-0.15, -0.1) is 10.2 Å². The van der Waals surface area contributed by atoms with Gasteiger partial charge in [-0.2, -0.15) is 4.98 Å². The van der Waals surface area contributed by atoms with Gasteiger partial charge >= 0.3 is 0 Å². The summed E-state index contributed by atoms with van der Waals surface area (Å²) in [6.07, 6.45) is 3.50. The number of nitrogens with zero attached hydrogens (tertiary/aromatic N) is 6. The van der Waals surface area contributed by atoms with Gasteiger partial charge in [-0.05, 0) is 29.8 Å². The molecule has 0 aliphatic carbocycles.